The molecular formula is C11H16FNO2. The van der Waals surface area contributed by atoms with Crippen molar-refractivity contribution in [3.63, 3.8) is 0 Å². The van der Waals surface area contributed by atoms with Crippen LogP contribution in [0.3, 0.4) is 0 Å². The van der Waals surface area contributed by atoms with Gasteiger partial charge in [-0.1, -0.05) is 0 Å². The molecule has 84 valence electrons. The van der Waals surface area contributed by atoms with Gasteiger partial charge in [0.05, 0.1) is 20.9 Å². The first-order valence-electron chi connectivity index (χ1n) is 4.75. The molecule has 0 aliphatic carbocycles. The minimum Gasteiger partial charge on any atom is -0.497 e. The van der Waals surface area contributed by atoms with Crippen molar-refractivity contribution in [2.24, 2.45) is 5.73 Å². The van der Waals surface area contributed by atoms with E-state index in [2.05, 4.69) is 0 Å². The molecule has 0 saturated heterocycles. The molecular weight excluding hydrogens is 197 g/mol. The van der Waals surface area contributed by atoms with Crippen LogP contribution in [-0.2, 0) is 0 Å². The van der Waals surface area contributed by atoms with Crippen LogP contribution in [0.15, 0.2) is 18.2 Å². The van der Waals surface area contributed by atoms with Gasteiger partial charge < -0.3 is 15.2 Å². The Bertz CT molecular complexity index is 295. The molecule has 0 amide bonds. The van der Waals surface area contributed by atoms with Crippen LogP contribution in [0.1, 0.15) is 18.0 Å². The SMILES string of the molecule is COc1cc(OC)cc([C@H](N)CCF)c1. The van der Waals surface area contributed by atoms with Crippen LogP contribution in [0.25, 0.3) is 0 Å². The third-order valence-corrected chi connectivity index (χ3v) is 2.22. The Hall–Kier alpha value is -1.29. The zero-order valence-corrected chi connectivity index (χ0v) is 9.00. The molecule has 0 spiro atoms. The maximum Gasteiger partial charge on any atom is 0.122 e. The fourth-order valence-electron chi connectivity index (χ4n) is 1.33. The number of hydrogen-bond donors (Lipinski definition) is 1. The van der Waals surface area contributed by atoms with Gasteiger partial charge in [-0.05, 0) is 24.1 Å². The molecule has 3 nitrogen and oxygen atoms in total. The first-order chi connectivity index (χ1) is 7.21. The van der Waals surface area contributed by atoms with Crippen LogP contribution in [0.2, 0.25) is 0 Å². The number of methoxy groups -OCH3 is 2. The van der Waals surface area contributed by atoms with Gasteiger partial charge in [-0.2, -0.15) is 0 Å². The van der Waals surface area contributed by atoms with E-state index in [1.54, 1.807) is 32.4 Å². The van der Waals surface area contributed by atoms with Gasteiger partial charge in [-0.3, -0.25) is 4.39 Å². The van der Waals surface area contributed by atoms with Crippen molar-refractivity contribution in [1.82, 2.24) is 0 Å². The quantitative estimate of drug-likeness (QED) is 0.814. The Balaban J connectivity index is 2.95. The number of benzene rings is 1. The molecule has 0 radical (unpaired) electrons. The molecule has 15 heavy (non-hydrogen) atoms. The fraction of sp³-hybridized carbons (Fsp3) is 0.455. The summed E-state index contributed by atoms with van der Waals surface area (Å²) in [6.45, 7) is -0.430. The van der Waals surface area contributed by atoms with Crippen molar-refractivity contribution in [3.8, 4) is 11.5 Å². The van der Waals surface area contributed by atoms with Crippen LogP contribution >= 0.6 is 0 Å². The largest absolute Gasteiger partial charge is 0.497 e. The van der Waals surface area contributed by atoms with Gasteiger partial charge in [-0.25, -0.2) is 0 Å². The highest BCUT2D eigenvalue weighted by Gasteiger charge is 2.09. The molecule has 0 aliphatic rings. The van der Waals surface area contributed by atoms with Crippen molar-refractivity contribution in [2.45, 2.75) is 12.5 Å². The second-order valence-corrected chi connectivity index (χ2v) is 3.23. The molecule has 2 N–H and O–H groups in total. The third kappa shape index (κ3) is 3.09. The highest BCUT2D eigenvalue weighted by Crippen LogP contribution is 2.26. The van der Waals surface area contributed by atoms with E-state index in [0.29, 0.717) is 17.9 Å². The summed E-state index contributed by atoms with van der Waals surface area (Å²) in [6.07, 6.45) is 0.302. The van der Waals surface area contributed by atoms with Crippen LogP contribution < -0.4 is 15.2 Å². The smallest absolute Gasteiger partial charge is 0.122 e. The van der Waals surface area contributed by atoms with Crippen LogP contribution in [0.4, 0.5) is 4.39 Å². The van der Waals surface area contributed by atoms with Crippen LogP contribution in [0.5, 0.6) is 11.5 Å². The predicted octanol–water partition coefficient (Wildman–Crippen LogP) is 2.06. The van der Waals surface area contributed by atoms with Crippen molar-refractivity contribution in [2.75, 3.05) is 20.9 Å². The maximum atomic E-state index is 12.2. The second kappa shape index (κ2) is 5.56. The highest BCUT2D eigenvalue weighted by molar-refractivity contribution is 5.39. The van der Waals surface area contributed by atoms with Crippen LogP contribution in [-0.4, -0.2) is 20.9 Å². The summed E-state index contributed by atoms with van der Waals surface area (Å²) in [5, 5.41) is 0. The molecule has 4 heteroatoms. The van der Waals surface area contributed by atoms with E-state index in [-0.39, 0.29) is 6.04 Å². The third-order valence-electron chi connectivity index (χ3n) is 2.22. The highest BCUT2D eigenvalue weighted by atomic mass is 19.1. The summed E-state index contributed by atoms with van der Waals surface area (Å²) in [6, 6.07) is 5.02. The molecule has 0 heterocycles. The topological polar surface area (TPSA) is 44.5 Å². The van der Waals surface area contributed by atoms with Gasteiger partial charge in [0.1, 0.15) is 11.5 Å². The summed E-state index contributed by atoms with van der Waals surface area (Å²) in [5.74, 6) is 1.33. The number of nitrogens with two attached hydrogens (primary N) is 1. The zero-order valence-electron chi connectivity index (χ0n) is 9.00. The minimum absolute atomic E-state index is 0.302. The summed E-state index contributed by atoms with van der Waals surface area (Å²) in [7, 11) is 3.14. The maximum absolute atomic E-state index is 12.2. The van der Waals surface area contributed by atoms with Gasteiger partial charge in [0.25, 0.3) is 0 Å². The van der Waals surface area contributed by atoms with Crippen molar-refractivity contribution in [1.29, 1.82) is 0 Å². The molecule has 0 saturated carbocycles. The monoisotopic (exact) mass is 213 g/mol. The van der Waals surface area contributed by atoms with Gasteiger partial charge in [0.2, 0.25) is 0 Å². The molecule has 1 aromatic carbocycles. The van der Waals surface area contributed by atoms with E-state index in [9.17, 15) is 4.39 Å². The number of hydrogen-bond acceptors (Lipinski definition) is 3. The Morgan fingerprint density at radius 3 is 2.13 bits per heavy atom. The Morgan fingerprint density at radius 2 is 1.73 bits per heavy atom. The summed E-state index contributed by atoms with van der Waals surface area (Å²) in [5.41, 5.74) is 6.62. The van der Waals surface area contributed by atoms with E-state index in [4.69, 9.17) is 15.2 Å². The minimum atomic E-state index is -0.430. The van der Waals surface area contributed by atoms with E-state index >= 15 is 0 Å². The number of rotatable bonds is 5. The molecule has 0 aromatic heterocycles. The summed E-state index contributed by atoms with van der Waals surface area (Å²) >= 11 is 0. The fourth-order valence-corrected chi connectivity index (χ4v) is 1.33. The van der Waals surface area contributed by atoms with Gasteiger partial charge in [0, 0.05) is 12.1 Å². The molecule has 0 unspecified atom stereocenters. The Labute approximate surface area is 89.0 Å². The van der Waals surface area contributed by atoms with Crippen molar-refractivity contribution in [3.05, 3.63) is 23.8 Å². The molecule has 0 fully saturated rings. The molecule has 1 rings (SSSR count). The number of ether oxygens (including phenoxy) is 2. The summed E-state index contributed by atoms with van der Waals surface area (Å²) in [4.78, 5) is 0. The standard InChI is InChI=1S/C11H16FNO2/c1-14-9-5-8(11(13)3-4-12)6-10(7-9)15-2/h5-7,11H,3-4,13H2,1-2H3/t11-/m1/s1. The lowest BCUT2D eigenvalue weighted by Crippen LogP contribution is -2.11. The molecule has 0 bridgehead atoms. The summed E-state index contributed by atoms with van der Waals surface area (Å²) < 4.78 is 22.3. The predicted molar refractivity (Wildman–Crippen MR) is 57.1 cm³/mol. The van der Waals surface area contributed by atoms with Gasteiger partial charge in [-0.15, -0.1) is 0 Å². The second-order valence-electron chi connectivity index (χ2n) is 3.23. The normalized spacial score (nSPS) is 12.3. The van der Waals surface area contributed by atoms with E-state index < -0.39 is 6.67 Å². The molecule has 1 atom stereocenters. The van der Waals surface area contributed by atoms with Gasteiger partial charge >= 0.3 is 0 Å². The van der Waals surface area contributed by atoms with Crippen molar-refractivity contribution < 1.29 is 13.9 Å². The average Bonchev–Trinajstić information content (AvgIpc) is 2.28. The lowest BCUT2D eigenvalue weighted by molar-refractivity contribution is 0.390. The lowest BCUT2D eigenvalue weighted by atomic mass is 10.0. The average molecular weight is 213 g/mol. The number of alkyl halides is 1. The lowest BCUT2D eigenvalue weighted by Gasteiger charge is -2.13. The van der Waals surface area contributed by atoms with E-state index in [0.717, 1.165) is 5.56 Å². The van der Waals surface area contributed by atoms with E-state index in [1.165, 1.54) is 0 Å². The molecule has 0 aliphatic heterocycles. The zero-order chi connectivity index (χ0) is 11.3. The van der Waals surface area contributed by atoms with Gasteiger partial charge in [0.15, 0.2) is 0 Å². The van der Waals surface area contributed by atoms with Crippen molar-refractivity contribution >= 4 is 0 Å². The first kappa shape index (κ1) is 11.8. The molecule has 1 aromatic rings. The number of halogens is 1. The first-order valence-corrected chi connectivity index (χ1v) is 4.75. The Kier molecular flexibility index (Phi) is 4.37. The Morgan fingerprint density at radius 1 is 1.20 bits per heavy atom. The van der Waals surface area contributed by atoms with Crippen LogP contribution in [0, 0.1) is 0 Å². The van der Waals surface area contributed by atoms with E-state index in [1.807, 2.05) is 0 Å².